The number of carbonyl (C=O) groups excluding carboxylic acids is 1. The van der Waals surface area contributed by atoms with Crippen LogP contribution in [-0.2, 0) is 0 Å². The molecule has 0 spiro atoms. The highest BCUT2D eigenvalue weighted by Crippen LogP contribution is 2.38. The molecule has 0 saturated carbocycles. The van der Waals surface area contributed by atoms with Crippen molar-refractivity contribution in [2.24, 2.45) is 5.92 Å². The number of nitrogens with zero attached hydrogens (tertiary/aromatic N) is 1. The minimum Gasteiger partial charge on any atom is -0.492 e. The first kappa shape index (κ1) is 20.8. The summed E-state index contributed by atoms with van der Waals surface area (Å²) in [5, 5.41) is 0. The van der Waals surface area contributed by atoms with E-state index in [0.717, 1.165) is 30.8 Å². The van der Waals surface area contributed by atoms with E-state index in [4.69, 9.17) is 9.47 Å². The van der Waals surface area contributed by atoms with Crippen LogP contribution in [0.5, 0.6) is 11.5 Å². The molecular weight excluding hydrogens is 398 g/mol. The number of hydrogen-bond acceptors (Lipinski definition) is 4. The predicted octanol–water partition coefficient (Wildman–Crippen LogP) is 5.51. The first-order valence-corrected chi connectivity index (χ1v) is 11.4. The van der Waals surface area contributed by atoms with E-state index in [2.05, 4.69) is 36.2 Å². The number of ketones is 1. The number of benzene rings is 3. The fraction of sp³-hybridized carbons (Fsp3) is 0.321. The number of piperidine rings is 1. The van der Waals surface area contributed by atoms with E-state index in [1.54, 1.807) is 0 Å². The molecule has 2 heterocycles. The normalized spacial score (nSPS) is 22.0. The van der Waals surface area contributed by atoms with E-state index in [1.807, 2.05) is 54.6 Å². The maximum absolute atomic E-state index is 13.3. The van der Waals surface area contributed by atoms with E-state index in [0.29, 0.717) is 23.8 Å². The molecule has 0 aliphatic carbocycles. The fourth-order valence-corrected chi connectivity index (χ4v) is 4.95. The Morgan fingerprint density at radius 2 is 1.75 bits per heavy atom. The molecule has 164 valence electrons. The molecule has 1 fully saturated rings. The van der Waals surface area contributed by atoms with Crippen LogP contribution in [0.15, 0.2) is 78.9 Å². The molecule has 3 unspecified atom stereocenters. The van der Waals surface area contributed by atoms with Crippen LogP contribution in [0.4, 0.5) is 0 Å². The van der Waals surface area contributed by atoms with Gasteiger partial charge in [0, 0.05) is 12.5 Å². The van der Waals surface area contributed by atoms with Crippen LogP contribution in [-0.4, -0.2) is 37.4 Å². The summed E-state index contributed by atoms with van der Waals surface area (Å²) >= 11 is 0. The Morgan fingerprint density at radius 1 is 1.00 bits per heavy atom. The smallest absolute Gasteiger partial charge is 0.177 e. The quantitative estimate of drug-likeness (QED) is 0.538. The Balaban J connectivity index is 1.43. The highest BCUT2D eigenvalue weighted by Gasteiger charge is 2.32. The van der Waals surface area contributed by atoms with E-state index in [-0.39, 0.29) is 17.8 Å². The second-order valence-corrected chi connectivity index (χ2v) is 8.91. The van der Waals surface area contributed by atoms with Crippen molar-refractivity contribution < 1.29 is 14.3 Å². The number of ether oxygens (including phenoxy) is 2. The van der Waals surface area contributed by atoms with Crippen LogP contribution in [0, 0.1) is 5.92 Å². The number of Topliss-reactive ketones (excluding diaryl/α,β-unsaturated/α-hetero) is 1. The second kappa shape index (κ2) is 9.17. The molecule has 3 aromatic carbocycles. The van der Waals surface area contributed by atoms with Gasteiger partial charge >= 0.3 is 0 Å². The van der Waals surface area contributed by atoms with Gasteiger partial charge in [-0.05, 0) is 55.8 Å². The van der Waals surface area contributed by atoms with Gasteiger partial charge in [-0.15, -0.1) is 0 Å². The SMILES string of the molecule is CN1CCCC(C(Oc2ccc3c(c2)C(=O)C(c2ccccc2)CO3)c2ccccc2)C1. The molecule has 2 aliphatic rings. The fourth-order valence-electron chi connectivity index (χ4n) is 4.95. The minimum atomic E-state index is -0.282. The van der Waals surface area contributed by atoms with Gasteiger partial charge in [0.1, 0.15) is 24.2 Å². The highest BCUT2D eigenvalue weighted by atomic mass is 16.5. The molecule has 1 saturated heterocycles. The zero-order valence-electron chi connectivity index (χ0n) is 18.4. The number of likely N-dealkylation sites (tertiary alicyclic amines) is 1. The van der Waals surface area contributed by atoms with Gasteiger partial charge < -0.3 is 14.4 Å². The molecule has 32 heavy (non-hydrogen) atoms. The summed E-state index contributed by atoms with van der Waals surface area (Å²) in [7, 11) is 2.17. The third-order valence-corrected chi connectivity index (χ3v) is 6.62. The van der Waals surface area contributed by atoms with Crippen molar-refractivity contribution in [1.29, 1.82) is 0 Å². The Labute approximate surface area is 189 Å². The Kier molecular flexibility index (Phi) is 5.95. The van der Waals surface area contributed by atoms with Crippen LogP contribution >= 0.6 is 0 Å². The first-order valence-electron chi connectivity index (χ1n) is 11.4. The highest BCUT2D eigenvalue weighted by molar-refractivity contribution is 6.04. The lowest BCUT2D eigenvalue weighted by Gasteiger charge is -2.35. The Hall–Kier alpha value is -3.11. The summed E-state index contributed by atoms with van der Waals surface area (Å²) in [6.07, 6.45) is 2.25. The second-order valence-electron chi connectivity index (χ2n) is 8.91. The van der Waals surface area contributed by atoms with Crippen LogP contribution in [0.1, 0.15) is 46.3 Å². The van der Waals surface area contributed by atoms with Crippen molar-refractivity contribution in [3.63, 3.8) is 0 Å². The van der Waals surface area contributed by atoms with Crippen LogP contribution < -0.4 is 9.47 Å². The van der Waals surface area contributed by atoms with Crippen molar-refractivity contribution in [2.75, 3.05) is 26.7 Å². The zero-order chi connectivity index (χ0) is 21.9. The van der Waals surface area contributed by atoms with Gasteiger partial charge in [-0.3, -0.25) is 4.79 Å². The number of hydrogen-bond donors (Lipinski definition) is 0. The van der Waals surface area contributed by atoms with Crippen LogP contribution in [0.3, 0.4) is 0 Å². The molecule has 0 radical (unpaired) electrons. The monoisotopic (exact) mass is 427 g/mol. The summed E-state index contributed by atoms with van der Waals surface area (Å²) in [5.41, 5.74) is 2.77. The molecular formula is C28H29NO3. The third kappa shape index (κ3) is 4.28. The average molecular weight is 428 g/mol. The van der Waals surface area contributed by atoms with E-state index < -0.39 is 0 Å². The lowest BCUT2D eigenvalue weighted by Crippen LogP contribution is -2.36. The Morgan fingerprint density at radius 3 is 2.50 bits per heavy atom. The summed E-state index contributed by atoms with van der Waals surface area (Å²) in [5.74, 6) is 1.57. The maximum Gasteiger partial charge on any atom is 0.177 e. The van der Waals surface area contributed by atoms with Gasteiger partial charge in [-0.1, -0.05) is 60.7 Å². The molecule has 2 aliphatic heterocycles. The number of rotatable bonds is 5. The number of fused-ring (bicyclic) bond motifs is 1. The van der Waals surface area contributed by atoms with Crippen LogP contribution in [0.2, 0.25) is 0 Å². The summed E-state index contributed by atoms with van der Waals surface area (Å²) in [6, 6.07) is 26.0. The van der Waals surface area contributed by atoms with E-state index in [9.17, 15) is 4.79 Å². The standard InChI is InChI=1S/C28H29NO3/c1-29-16-8-13-22(18-29)28(21-11-6-3-7-12-21)32-23-14-15-26-24(17-23)27(30)25(19-31-26)20-9-4-2-5-10-20/h2-7,9-12,14-15,17,22,25,28H,8,13,16,18-19H2,1H3. The van der Waals surface area contributed by atoms with Crippen LogP contribution in [0.25, 0.3) is 0 Å². The first-order chi connectivity index (χ1) is 15.7. The molecule has 0 bridgehead atoms. The number of carbonyl (C=O) groups is 1. The van der Waals surface area contributed by atoms with Crippen molar-refractivity contribution in [1.82, 2.24) is 4.90 Å². The maximum atomic E-state index is 13.3. The summed E-state index contributed by atoms with van der Waals surface area (Å²) < 4.78 is 12.6. The van der Waals surface area contributed by atoms with Crippen molar-refractivity contribution in [3.05, 3.63) is 95.6 Å². The largest absolute Gasteiger partial charge is 0.492 e. The predicted molar refractivity (Wildman–Crippen MR) is 125 cm³/mol. The van der Waals surface area contributed by atoms with E-state index >= 15 is 0 Å². The van der Waals surface area contributed by atoms with Crippen molar-refractivity contribution in [3.8, 4) is 11.5 Å². The van der Waals surface area contributed by atoms with Gasteiger partial charge in [0.25, 0.3) is 0 Å². The topological polar surface area (TPSA) is 38.8 Å². The lowest BCUT2D eigenvalue weighted by molar-refractivity contribution is 0.0769. The molecule has 5 rings (SSSR count). The molecule has 4 nitrogen and oxygen atoms in total. The Bertz CT molecular complexity index is 1070. The van der Waals surface area contributed by atoms with Crippen molar-refractivity contribution in [2.45, 2.75) is 24.9 Å². The van der Waals surface area contributed by atoms with Gasteiger partial charge in [-0.2, -0.15) is 0 Å². The van der Waals surface area contributed by atoms with Crippen molar-refractivity contribution >= 4 is 5.78 Å². The summed E-state index contributed by atoms with van der Waals surface area (Å²) in [4.78, 5) is 15.7. The molecule has 0 aromatic heterocycles. The zero-order valence-corrected chi connectivity index (χ0v) is 18.4. The average Bonchev–Trinajstić information content (AvgIpc) is 2.84. The van der Waals surface area contributed by atoms with Gasteiger partial charge in [-0.25, -0.2) is 0 Å². The molecule has 3 atom stereocenters. The minimum absolute atomic E-state index is 0.0541. The third-order valence-electron chi connectivity index (χ3n) is 6.62. The molecule has 3 aromatic rings. The molecule has 0 amide bonds. The lowest BCUT2D eigenvalue weighted by atomic mass is 9.88. The molecule has 0 N–H and O–H groups in total. The van der Waals surface area contributed by atoms with E-state index in [1.165, 1.54) is 12.0 Å². The van der Waals surface area contributed by atoms with Gasteiger partial charge in [0.2, 0.25) is 0 Å². The molecule has 4 heteroatoms. The van der Waals surface area contributed by atoms with Gasteiger partial charge in [0.15, 0.2) is 5.78 Å². The summed E-state index contributed by atoms with van der Waals surface area (Å²) in [6.45, 7) is 2.50. The van der Waals surface area contributed by atoms with Gasteiger partial charge in [0.05, 0.1) is 11.5 Å².